The van der Waals surface area contributed by atoms with Gasteiger partial charge in [0, 0.05) is 19.2 Å². The number of aryl methyl sites for hydroxylation is 1. The van der Waals surface area contributed by atoms with Crippen LogP contribution in [0.15, 0.2) is 60.9 Å². The van der Waals surface area contributed by atoms with Crippen molar-refractivity contribution in [2.24, 2.45) is 0 Å². The number of para-hydroxylation sites is 1. The number of amides is 1. The fourth-order valence-electron chi connectivity index (χ4n) is 2.23. The average Bonchev–Trinajstić information content (AvgIpc) is 3.09. The molecule has 0 radical (unpaired) electrons. The molecule has 0 unspecified atom stereocenters. The van der Waals surface area contributed by atoms with Crippen LogP contribution < -0.4 is 10.1 Å². The van der Waals surface area contributed by atoms with E-state index >= 15 is 0 Å². The Morgan fingerprint density at radius 2 is 1.96 bits per heavy atom. The number of carbonyl (C=O) groups is 1. The molecule has 0 spiro atoms. The molecule has 0 aliphatic rings. The molecule has 0 fully saturated rings. The van der Waals surface area contributed by atoms with E-state index in [2.05, 4.69) is 20.6 Å². The molecule has 1 amide bonds. The van der Waals surface area contributed by atoms with Gasteiger partial charge in [-0.25, -0.2) is 4.98 Å². The Bertz CT molecular complexity index is 789. The van der Waals surface area contributed by atoms with E-state index in [0.29, 0.717) is 31.8 Å². The van der Waals surface area contributed by atoms with E-state index in [1.165, 1.54) is 0 Å². The number of rotatable bonds is 8. The molecule has 1 N–H and O–H groups in total. The van der Waals surface area contributed by atoms with E-state index in [-0.39, 0.29) is 5.91 Å². The minimum Gasteiger partial charge on any atom is -0.487 e. The molecule has 3 aromatic rings. The van der Waals surface area contributed by atoms with Crippen LogP contribution in [0.1, 0.15) is 18.5 Å². The molecule has 128 valence electrons. The maximum absolute atomic E-state index is 11.9. The maximum atomic E-state index is 11.9. The van der Waals surface area contributed by atoms with Gasteiger partial charge in [0.15, 0.2) is 0 Å². The predicted octanol–water partition coefficient (Wildman–Crippen LogP) is 2.67. The molecule has 7 heteroatoms. The van der Waals surface area contributed by atoms with Gasteiger partial charge in [0.2, 0.25) is 5.91 Å². The summed E-state index contributed by atoms with van der Waals surface area (Å²) in [6.07, 6.45) is 4.54. The predicted molar refractivity (Wildman–Crippen MR) is 92.9 cm³/mol. The van der Waals surface area contributed by atoms with E-state index in [9.17, 15) is 4.79 Å². The summed E-state index contributed by atoms with van der Waals surface area (Å²) in [6.45, 7) is 0.984. The Kier molecular flexibility index (Phi) is 5.71. The van der Waals surface area contributed by atoms with E-state index in [4.69, 9.17) is 4.74 Å². The molecule has 1 aromatic carbocycles. The van der Waals surface area contributed by atoms with Gasteiger partial charge in [0.05, 0.1) is 6.20 Å². The summed E-state index contributed by atoms with van der Waals surface area (Å²) >= 11 is 0. The van der Waals surface area contributed by atoms with Crippen LogP contribution in [0, 0.1) is 0 Å². The average molecular weight is 337 g/mol. The Hall–Kier alpha value is -3.22. The van der Waals surface area contributed by atoms with Crippen molar-refractivity contribution in [1.29, 1.82) is 0 Å². The lowest BCUT2D eigenvalue weighted by Crippen LogP contribution is -2.13. The van der Waals surface area contributed by atoms with E-state index in [1.807, 2.05) is 42.6 Å². The fraction of sp³-hybridized carbons (Fsp3) is 0.222. The first kappa shape index (κ1) is 16.6. The van der Waals surface area contributed by atoms with Gasteiger partial charge in [-0.15, -0.1) is 5.10 Å². The van der Waals surface area contributed by atoms with Crippen LogP contribution in [-0.2, 0) is 17.9 Å². The summed E-state index contributed by atoms with van der Waals surface area (Å²) in [5.74, 6) is 1.29. The van der Waals surface area contributed by atoms with Crippen molar-refractivity contribution >= 4 is 11.7 Å². The highest BCUT2D eigenvalue weighted by atomic mass is 16.5. The number of pyridine rings is 1. The van der Waals surface area contributed by atoms with E-state index in [0.717, 1.165) is 11.4 Å². The topological polar surface area (TPSA) is 81.9 Å². The van der Waals surface area contributed by atoms with Crippen molar-refractivity contribution in [2.45, 2.75) is 26.0 Å². The first-order valence-electron chi connectivity index (χ1n) is 8.07. The van der Waals surface area contributed by atoms with Crippen molar-refractivity contribution in [3.63, 3.8) is 0 Å². The summed E-state index contributed by atoms with van der Waals surface area (Å²) in [5.41, 5.74) is 0.752. The Balaban J connectivity index is 1.39. The van der Waals surface area contributed by atoms with Gasteiger partial charge in [-0.05, 0) is 30.7 Å². The van der Waals surface area contributed by atoms with Crippen LogP contribution in [0.3, 0.4) is 0 Å². The molecule has 2 aromatic heterocycles. The van der Waals surface area contributed by atoms with Crippen molar-refractivity contribution < 1.29 is 9.53 Å². The number of ether oxygens (including phenoxy) is 1. The van der Waals surface area contributed by atoms with Crippen molar-refractivity contribution in [2.75, 3.05) is 5.32 Å². The normalized spacial score (nSPS) is 10.4. The molecule has 0 saturated heterocycles. The van der Waals surface area contributed by atoms with Gasteiger partial charge in [-0.1, -0.05) is 29.5 Å². The molecule has 25 heavy (non-hydrogen) atoms. The van der Waals surface area contributed by atoms with Crippen molar-refractivity contribution in [3.8, 4) is 5.75 Å². The van der Waals surface area contributed by atoms with Crippen LogP contribution >= 0.6 is 0 Å². The zero-order valence-corrected chi connectivity index (χ0v) is 13.7. The summed E-state index contributed by atoms with van der Waals surface area (Å²) in [5, 5.41) is 10.9. The molecular formula is C18H19N5O2. The third kappa shape index (κ3) is 5.42. The maximum Gasteiger partial charge on any atom is 0.225 e. The van der Waals surface area contributed by atoms with Gasteiger partial charge in [0.1, 0.15) is 23.9 Å². The largest absolute Gasteiger partial charge is 0.487 e. The number of nitrogens with zero attached hydrogens (tertiary/aromatic N) is 4. The van der Waals surface area contributed by atoms with Gasteiger partial charge in [-0.2, -0.15) is 0 Å². The monoisotopic (exact) mass is 337 g/mol. The minimum atomic E-state index is -0.0635. The number of anilines is 1. The molecule has 0 bridgehead atoms. The summed E-state index contributed by atoms with van der Waals surface area (Å²) in [4.78, 5) is 15.9. The second-order valence-electron chi connectivity index (χ2n) is 5.44. The zero-order chi connectivity index (χ0) is 17.3. The Morgan fingerprint density at radius 3 is 2.76 bits per heavy atom. The van der Waals surface area contributed by atoms with Crippen molar-refractivity contribution in [3.05, 3.63) is 66.6 Å². The molecule has 0 aliphatic heterocycles. The highest BCUT2D eigenvalue weighted by molar-refractivity contribution is 5.89. The van der Waals surface area contributed by atoms with E-state index < -0.39 is 0 Å². The molecular weight excluding hydrogens is 318 g/mol. The highest BCUT2D eigenvalue weighted by Crippen LogP contribution is 2.10. The third-order valence-corrected chi connectivity index (χ3v) is 3.44. The highest BCUT2D eigenvalue weighted by Gasteiger charge is 2.05. The molecule has 0 saturated carbocycles. The second-order valence-corrected chi connectivity index (χ2v) is 5.44. The minimum absolute atomic E-state index is 0.0635. The van der Waals surface area contributed by atoms with Crippen LogP contribution in [-0.4, -0.2) is 25.9 Å². The number of hydrogen-bond donors (Lipinski definition) is 1. The Morgan fingerprint density at radius 1 is 1.12 bits per heavy atom. The standard InChI is InChI=1S/C18H19N5O2/c24-18(20-17-9-4-5-11-19-17)10-6-12-23-13-15(21-22-23)14-25-16-7-2-1-3-8-16/h1-5,7-9,11,13H,6,10,12,14H2,(H,19,20,24). The fourth-order valence-corrected chi connectivity index (χ4v) is 2.23. The summed E-state index contributed by atoms with van der Waals surface area (Å²) < 4.78 is 7.35. The molecule has 0 aliphatic carbocycles. The van der Waals surface area contributed by atoms with Crippen LogP contribution in [0.2, 0.25) is 0 Å². The number of benzene rings is 1. The first-order chi connectivity index (χ1) is 12.3. The molecule has 2 heterocycles. The lowest BCUT2D eigenvalue weighted by molar-refractivity contribution is -0.116. The second kappa shape index (κ2) is 8.58. The lowest BCUT2D eigenvalue weighted by Gasteiger charge is -2.04. The SMILES string of the molecule is O=C(CCCn1cc(COc2ccccc2)nn1)Nc1ccccn1. The lowest BCUT2D eigenvalue weighted by atomic mass is 10.3. The van der Waals surface area contributed by atoms with Gasteiger partial charge in [0.25, 0.3) is 0 Å². The quantitative estimate of drug-likeness (QED) is 0.683. The van der Waals surface area contributed by atoms with E-state index in [1.54, 1.807) is 23.0 Å². The molecule has 3 rings (SSSR count). The van der Waals surface area contributed by atoms with Crippen molar-refractivity contribution in [1.82, 2.24) is 20.0 Å². The summed E-state index contributed by atoms with van der Waals surface area (Å²) in [6, 6.07) is 15.0. The summed E-state index contributed by atoms with van der Waals surface area (Å²) in [7, 11) is 0. The number of carbonyl (C=O) groups excluding carboxylic acids is 1. The first-order valence-corrected chi connectivity index (χ1v) is 8.07. The van der Waals surface area contributed by atoms with Crippen LogP contribution in [0.4, 0.5) is 5.82 Å². The van der Waals surface area contributed by atoms with Gasteiger partial charge < -0.3 is 10.1 Å². The van der Waals surface area contributed by atoms with Crippen LogP contribution in [0.25, 0.3) is 0 Å². The van der Waals surface area contributed by atoms with Gasteiger partial charge >= 0.3 is 0 Å². The van der Waals surface area contributed by atoms with Gasteiger partial charge in [-0.3, -0.25) is 9.48 Å². The zero-order valence-electron chi connectivity index (χ0n) is 13.7. The molecule has 7 nitrogen and oxygen atoms in total. The number of aromatic nitrogens is 4. The Labute approximate surface area is 145 Å². The third-order valence-electron chi connectivity index (χ3n) is 3.44. The molecule has 0 atom stereocenters. The number of nitrogens with one attached hydrogen (secondary N) is 1. The number of hydrogen-bond acceptors (Lipinski definition) is 5. The smallest absolute Gasteiger partial charge is 0.225 e. The van der Waals surface area contributed by atoms with Crippen LogP contribution in [0.5, 0.6) is 5.75 Å².